The van der Waals surface area contributed by atoms with E-state index in [1.54, 1.807) is 20.8 Å². The van der Waals surface area contributed by atoms with E-state index >= 15 is 0 Å². The van der Waals surface area contributed by atoms with Crippen LogP contribution in [0.2, 0.25) is 0 Å². The normalized spacial score (nSPS) is 50.0. The van der Waals surface area contributed by atoms with Crippen molar-refractivity contribution in [3.8, 4) is 0 Å². The minimum Gasteiger partial charge on any atom is -0.387 e. The highest BCUT2D eigenvalue weighted by molar-refractivity contribution is 4.97. The first kappa shape index (κ1) is 21.9. The van der Waals surface area contributed by atoms with Crippen molar-refractivity contribution in [1.29, 1.82) is 0 Å². The van der Waals surface area contributed by atoms with Crippen molar-refractivity contribution in [2.24, 2.45) is 0 Å². The number of rotatable bonds is 6. The van der Waals surface area contributed by atoms with Crippen molar-refractivity contribution in [1.82, 2.24) is 0 Å². The van der Waals surface area contributed by atoms with Gasteiger partial charge in [-0.3, -0.25) is 0 Å². The second-order valence-corrected chi connectivity index (χ2v) is 6.89. The summed E-state index contributed by atoms with van der Waals surface area (Å²) in [6.45, 7) is 5.22. The lowest BCUT2D eigenvalue weighted by Gasteiger charge is -2.50. The SMILES string of the molecule is COC1C(O[C@@H]2C(C)O[C@@](C)(OC)C(O)C2OC)OC(C)[C@H](OC)C1O. The quantitative estimate of drug-likeness (QED) is 0.640. The van der Waals surface area contributed by atoms with Crippen LogP contribution in [0, 0.1) is 0 Å². The van der Waals surface area contributed by atoms with E-state index in [1.165, 1.54) is 28.4 Å². The van der Waals surface area contributed by atoms with Crippen LogP contribution in [-0.2, 0) is 33.2 Å². The van der Waals surface area contributed by atoms with Crippen LogP contribution in [0.25, 0.3) is 0 Å². The van der Waals surface area contributed by atoms with Crippen molar-refractivity contribution in [3.63, 3.8) is 0 Å². The Labute approximate surface area is 154 Å². The lowest BCUT2D eigenvalue weighted by Crippen LogP contribution is -2.66. The summed E-state index contributed by atoms with van der Waals surface area (Å²) >= 11 is 0. The molecule has 0 saturated carbocycles. The van der Waals surface area contributed by atoms with Crippen molar-refractivity contribution in [2.75, 3.05) is 28.4 Å². The fraction of sp³-hybridized carbons (Fsp3) is 1.00. The molecule has 2 fully saturated rings. The molecule has 0 radical (unpaired) electrons. The number of hydrogen-bond donors (Lipinski definition) is 2. The van der Waals surface area contributed by atoms with E-state index in [0.29, 0.717) is 0 Å². The van der Waals surface area contributed by atoms with Crippen LogP contribution in [0.1, 0.15) is 20.8 Å². The predicted octanol–water partition coefficient (Wildman–Crippen LogP) is -0.335. The standard InChI is InChI=1S/C17H32O9/c1-8-11(20-4)10(18)13(21-5)16(24-8)25-12-9(2)26-17(3,23-7)15(19)14(12)22-6/h8-16,18-19H,1-7H3/t8?,9?,10?,11-,12+,13?,14?,15?,16?,17+/m0/s1. The molecule has 0 aromatic rings. The zero-order valence-corrected chi connectivity index (χ0v) is 16.4. The maximum Gasteiger partial charge on any atom is 0.194 e. The molecule has 2 aliphatic rings. The van der Waals surface area contributed by atoms with Crippen LogP contribution in [0.15, 0.2) is 0 Å². The molecule has 2 N–H and O–H groups in total. The summed E-state index contributed by atoms with van der Waals surface area (Å²) in [4.78, 5) is 0. The van der Waals surface area contributed by atoms with Gasteiger partial charge in [0.15, 0.2) is 12.1 Å². The van der Waals surface area contributed by atoms with Gasteiger partial charge >= 0.3 is 0 Å². The highest BCUT2D eigenvalue weighted by Gasteiger charge is 2.54. The lowest BCUT2D eigenvalue weighted by molar-refractivity contribution is -0.380. The third kappa shape index (κ3) is 3.91. The molecule has 0 spiro atoms. The molecule has 0 aromatic heterocycles. The second kappa shape index (κ2) is 8.76. The van der Waals surface area contributed by atoms with E-state index in [2.05, 4.69) is 0 Å². The summed E-state index contributed by atoms with van der Waals surface area (Å²) in [5.74, 6) is -1.22. The Bertz CT molecular complexity index is 450. The Hall–Kier alpha value is -0.360. The van der Waals surface area contributed by atoms with Crippen LogP contribution in [-0.4, -0.2) is 99.6 Å². The minimum atomic E-state index is -1.22. The van der Waals surface area contributed by atoms with Gasteiger partial charge in [0, 0.05) is 28.4 Å². The topological polar surface area (TPSA) is 105 Å². The first-order chi connectivity index (χ1) is 12.2. The van der Waals surface area contributed by atoms with E-state index in [0.717, 1.165) is 0 Å². The molecule has 2 rings (SSSR count). The van der Waals surface area contributed by atoms with Gasteiger partial charge in [0.05, 0.1) is 12.2 Å². The van der Waals surface area contributed by atoms with Gasteiger partial charge in [0.2, 0.25) is 0 Å². The predicted molar refractivity (Wildman–Crippen MR) is 89.6 cm³/mol. The molecule has 0 aliphatic carbocycles. The summed E-state index contributed by atoms with van der Waals surface area (Å²) < 4.78 is 39.2. The van der Waals surface area contributed by atoms with Gasteiger partial charge in [-0.05, 0) is 20.8 Å². The molecule has 154 valence electrons. The smallest absolute Gasteiger partial charge is 0.194 e. The number of ether oxygens (including phenoxy) is 7. The van der Waals surface area contributed by atoms with Crippen LogP contribution in [0.5, 0.6) is 0 Å². The van der Waals surface area contributed by atoms with Crippen molar-refractivity contribution in [3.05, 3.63) is 0 Å². The average molecular weight is 380 g/mol. The summed E-state index contributed by atoms with van der Waals surface area (Å²) in [5.41, 5.74) is 0. The monoisotopic (exact) mass is 380 g/mol. The lowest BCUT2D eigenvalue weighted by atomic mass is 9.93. The van der Waals surface area contributed by atoms with Crippen molar-refractivity contribution >= 4 is 0 Å². The van der Waals surface area contributed by atoms with Crippen LogP contribution >= 0.6 is 0 Å². The molecule has 10 atom stereocenters. The van der Waals surface area contributed by atoms with Gasteiger partial charge in [-0.2, -0.15) is 0 Å². The molecule has 2 heterocycles. The third-order valence-corrected chi connectivity index (χ3v) is 5.32. The summed E-state index contributed by atoms with van der Waals surface area (Å²) in [7, 11) is 5.90. The summed E-state index contributed by atoms with van der Waals surface area (Å²) in [6, 6.07) is 0. The molecule has 0 amide bonds. The zero-order valence-electron chi connectivity index (χ0n) is 16.4. The van der Waals surface area contributed by atoms with Gasteiger partial charge in [-0.25, -0.2) is 0 Å². The molecule has 26 heavy (non-hydrogen) atoms. The number of methoxy groups -OCH3 is 4. The van der Waals surface area contributed by atoms with E-state index in [4.69, 9.17) is 33.2 Å². The Morgan fingerprint density at radius 3 is 1.88 bits per heavy atom. The van der Waals surface area contributed by atoms with Gasteiger partial charge in [0.25, 0.3) is 0 Å². The van der Waals surface area contributed by atoms with Crippen molar-refractivity contribution < 1.29 is 43.4 Å². The molecular weight excluding hydrogens is 348 g/mol. The maximum atomic E-state index is 10.6. The summed E-state index contributed by atoms with van der Waals surface area (Å²) in [6.07, 6.45) is -6.50. The Morgan fingerprint density at radius 1 is 0.808 bits per heavy atom. The van der Waals surface area contributed by atoms with E-state index in [1.807, 2.05) is 0 Å². The fourth-order valence-electron chi connectivity index (χ4n) is 3.71. The molecular formula is C17H32O9. The van der Waals surface area contributed by atoms with Crippen LogP contribution in [0.3, 0.4) is 0 Å². The third-order valence-electron chi connectivity index (χ3n) is 5.32. The molecule has 2 aliphatic heterocycles. The van der Waals surface area contributed by atoms with Gasteiger partial charge in [0.1, 0.15) is 36.6 Å². The van der Waals surface area contributed by atoms with E-state index in [-0.39, 0.29) is 0 Å². The van der Waals surface area contributed by atoms with Gasteiger partial charge in [-0.1, -0.05) is 0 Å². The number of hydrogen-bond acceptors (Lipinski definition) is 9. The molecule has 7 unspecified atom stereocenters. The fourth-order valence-corrected chi connectivity index (χ4v) is 3.71. The number of aliphatic hydroxyl groups excluding tert-OH is 2. The highest BCUT2D eigenvalue weighted by Crippen LogP contribution is 2.35. The first-order valence-electron chi connectivity index (χ1n) is 8.72. The Kier molecular flexibility index (Phi) is 7.39. The van der Waals surface area contributed by atoms with Crippen molar-refractivity contribution in [2.45, 2.75) is 81.7 Å². The largest absolute Gasteiger partial charge is 0.387 e. The Morgan fingerprint density at radius 2 is 1.38 bits per heavy atom. The highest BCUT2D eigenvalue weighted by atomic mass is 16.8. The van der Waals surface area contributed by atoms with E-state index in [9.17, 15) is 10.2 Å². The van der Waals surface area contributed by atoms with Gasteiger partial charge < -0.3 is 43.4 Å². The number of aliphatic hydroxyl groups is 2. The van der Waals surface area contributed by atoms with Gasteiger partial charge in [-0.15, -0.1) is 0 Å². The molecule has 0 bridgehead atoms. The minimum absolute atomic E-state index is 0.415. The summed E-state index contributed by atoms with van der Waals surface area (Å²) in [5, 5.41) is 21.1. The molecule has 9 heteroatoms. The average Bonchev–Trinajstić information content (AvgIpc) is 2.60. The maximum absolute atomic E-state index is 10.6. The second-order valence-electron chi connectivity index (χ2n) is 6.89. The van der Waals surface area contributed by atoms with Crippen LogP contribution in [0.4, 0.5) is 0 Å². The molecule has 0 aromatic carbocycles. The zero-order chi connectivity index (χ0) is 19.6. The molecule has 2 saturated heterocycles. The molecule has 9 nitrogen and oxygen atoms in total. The van der Waals surface area contributed by atoms with E-state index < -0.39 is 60.9 Å². The Balaban J connectivity index is 2.19. The first-order valence-corrected chi connectivity index (χ1v) is 8.72. The van der Waals surface area contributed by atoms with Crippen LogP contribution < -0.4 is 0 Å².